The van der Waals surface area contributed by atoms with E-state index in [2.05, 4.69) is 15.3 Å². The lowest BCUT2D eigenvalue weighted by atomic mass is 10.1. The van der Waals surface area contributed by atoms with Crippen molar-refractivity contribution in [2.24, 2.45) is 0 Å². The number of sulfonamides is 1. The van der Waals surface area contributed by atoms with Crippen molar-refractivity contribution in [3.63, 3.8) is 0 Å². The highest BCUT2D eigenvalue weighted by molar-refractivity contribution is 7.89. The summed E-state index contributed by atoms with van der Waals surface area (Å²) < 4.78 is 55.9. The SMILES string of the molecule is CN(C)CCc1ccc(S(=O)(=O)N2CCC(Nc3nc(N)c(C(=O)c4c(F)cccc4F)s3)CC2)c(N)n1. The standard InChI is InChI=1S/C24H29F2N7O3S2/c1-32(2)11-8-14-6-7-18(22(27)29-14)38(35,36)33-12-9-15(10-13-33)30-24-31-23(28)21(37-24)20(34)19-16(25)4-3-5-17(19)26/h3-7,15H,8-13,28H2,1-2H3,(H2,27,29)(H,30,31). The third-order valence-electron chi connectivity index (χ3n) is 6.21. The molecule has 0 atom stereocenters. The van der Waals surface area contributed by atoms with Crippen molar-refractivity contribution in [3.05, 3.63) is 58.1 Å². The van der Waals surface area contributed by atoms with Crippen LogP contribution in [0.2, 0.25) is 0 Å². The number of thiazole rings is 1. The average molecular weight is 566 g/mol. The molecule has 1 aliphatic rings. The Bertz CT molecular complexity index is 1420. The summed E-state index contributed by atoms with van der Waals surface area (Å²) in [6, 6.07) is 6.20. The molecule has 0 amide bonds. The van der Waals surface area contributed by atoms with Gasteiger partial charge >= 0.3 is 0 Å². The highest BCUT2D eigenvalue weighted by Gasteiger charge is 2.32. The van der Waals surface area contributed by atoms with Crippen molar-refractivity contribution in [3.8, 4) is 0 Å². The fourth-order valence-electron chi connectivity index (χ4n) is 4.14. The number of pyridine rings is 1. The van der Waals surface area contributed by atoms with E-state index in [4.69, 9.17) is 11.5 Å². The number of nitrogen functional groups attached to an aromatic ring is 2. The molecule has 1 aliphatic heterocycles. The largest absolute Gasteiger partial charge is 0.383 e. The number of rotatable bonds is 9. The number of hydrogen-bond acceptors (Lipinski definition) is 10. The number of ketones is 1. The summed E-state index contributed by atoms with van der Waals surface area (Å²) in [5, 5.41) is 3.47. The lowest BCUT2D eigenvalue weighted by Gasteiger charge is -2.31. The van der Waals surface area contributed by atoms with E-state index in [0.717, 1.165) is 35.7 Å². The third-order valence-corrected chi connectivity index (χ3v) is 9.15. The summed E-state index contributed by atoms with van der Waals surface area (Å²) in [5.74, 6) is -3.01. The fraction of sp³-hybridized carbons (Fsp3) is 0.375. The van der Waals surface area contributed by atoms with Gasteiger partial charge in [-0.25, -0.2) is 27.2 Å². The Kier molecular flexibility index (Phi) is 8.25. The Morgan fingerprint density at radius 1 is 1.11 bits per heavy atom. The summed E-state index contributed by atoms with van der Waals surface area (Å²) in [6.45, 7) is 1.23. The van der Waals surface area contributed by atoms with E-state index in [1.807, 2.05) is 19.0 Å². The maximum Gasteiger partial charge on any atom is 0.246 e. The third kappa shape index (κ3) is 5.93. The first-order valence-electron chi connectivity index (χ1n) is 11.9. The highest BCUT2D eigenvalue weighted by Crippen LogP contribution is 2.31. The van der Waals surface area contributed by atoms with Crippen LogP contribution in [0, 0.1) is 11.6 Å². The van der Waals surface area contributed by atoms with E-state index in [1.165, 1.54) is 16.4 Å². The number of carbonyl (C=O) groups is 1. The van der Waals surface area contributed by atoms with Gasteiger partial charge in [-0.15, -0.1) is 0 Å². The maximum absolute atomic E-state index is 14.1. The molecule has 0 spiro atoms. The van der Waals surface area contributed by atoms with Crippen molar-refractivity contribution in [2.75, 3.05) is 50.5 Å². The van der Waals surface area contributed by atoms with E-state index >= 15 is 0 Å². The van der Waals surface area contributed by atoms with Gasteiger partial charge in [0.15, 0.2) is 5.13 Å². The first kappa shape index (κ1) is 27.8. The Hall–Kier alpha value is -3.20. The smallest absolute Gasteiger partial charge is 0.246 e. The van der Waals surface area contributed by atoms with Crippen LogP contribution in [0.1, 0.15) is 33.8 Å². The molecule has 204 valence electrons. The van der Waals surface area contributed by atoms with Crippen LogP contribution in [-0.2, 0) is 16.4 Å². The van der Waals surface area contributed by atoms with Gasteiger partial charge in [0.1, 0.15) is 33.0 Å². The van der Waals surface area contributed by atoms with Crippen molar-refractivity contribution >= 4 is 43.9 Å². The number of halogens is 2. The van der Waals surface area contributed by atoms with E-state index in [0.29, 0.717) is 24.4 Å². The number of likely N-dealkylation sites (N-methyl/N-ethyl adjacent to an activating group) is 1. The molecule has 1 fully saturated rings. The minimum atomic E-state index is -3.83. The van der Waals surface area contributed by atoms with Crippen molar-refractivity contribution in [2.45, 2.75) is 30.2 Å². The molecule has 0 bridgehead atoms. The molecule has 0 saturated carbocycles. The molecule has 38 heavy (non-hydrogen) atoms. The summed E-state index contributed by atoms with van der Waals surface area (Å²) in [6.07, 6.45) is 1.56. The minimum Gasteiger partial charge on any atom is -0.383 e. The molecule has 3 heterocycles. The Morgan fingerprint density at radius 3 is 2.37 bits per heavy atom. The van der Waals surface area contributed by atoms with Gasteiger partial charge in [0.2, 0.25) is 15.8 Å². The fourth-order valence-corrected chi connectivity index (χ4v) is 6.57. The van der Waals surface area contributed by atoms with Crippen molar-refractivity contribution in [1.82, 2.24) is 19.2 Å². The first-order valence-corrected chi connectivity index (χ1v) is 14.1. The second-order valence-corrected chi connectivity index (χ2v) is 12.1. The number of nitrogens with two attached hydrogens (primary N) is 2. The molecule has 1 saturated heterocycles. The summed E-state index contributed by atoms with van der Waals surface area (Å²) in [4.78, 5) is 23.0. The molecule has 14 heteroatoms. The lowest BCUT2D eigenvalue weighted by Crippen LogP contribution is -2.42. The number of aromatic nitrogens is 2. The van der Waals surface area contributed by atoms with Crippen LogP contribution >= 0.6 is 11.3 Å². The number of benzene rings is 1. The zero-order valence-corrected chi connectivity index (χ0v) is 22.6. The van der Waals surface area contributed by atoms with Gasteiger partial charge in [-0.3, -0.25) is 4.79 Å². The van der Waals surface area contributed by atoms with Crippen LogP contribution in [-0.4, -0.2) is 73.1 Å². The van der Waals surface area contributed by atoms with E-state index in [9.17, 15) is 22.0 Å². The molecule has 5 N–H and O–H groups in total. The van der Waals surface area contributed by atoms with Gasteiger partial charge in [0, 0.05) is 37.8 Å². The predicted molar refractivity (Wildman–Crippen MR) is 143 cm³/mol. The van der Waals surface area contributed by atoms with Crippen LogP contribution in [0.3, 0.4) is 0 Å². The Balaban J connectivity index is 1.40. The Labute approximate surface area is 223 Å². The van der Waals surface area contributed by atoms with Crippen molar-refractivity contribution in [1.29, 1.82) is 0 Å². The van der Waals surface area contributed by atoms with Gasteiger partial charge in [-0.05, 0) is 51.2 Å². The summed E-state index contributed by atoms with van der Waals surface area (Å²) >= 11 is 0.896. The number of piperidine rings is 1. The zero-order valence-electron chi connectivity index (χ0n) is 20.9. The molecule has 10 nitrogen and oxygen atoms in total. The van der Waals surface area contributed by atoms with Crippen LogP contribution in [0.15, 0.2) is 35.2 Å². The molecule has 1 aromatic carbocycles. The maximum atomic E-state index is 14.1. The number of carbonyl (C=O) groups excluding carboxylic acids is 1. The quantitative estimate of drug-likeness (QED) is 0.333. The van der Waals surface area contributed by atoms with Gasteiger partial charge in [0.25, 0.3) is 0 Å². The van der Waals surface area contributed by atoms with E-state index in [1.54, 1.807) is 6.07 Å². The number of hydrogen-bond donors (Lipinski definition) is 3. The molecular weight excluding hydrogens is 536 g/mol. The van der Waals surface area contributed by atoms with Gasteiger partial charge < -0.3 is 21.7 Å². The second-order valence-electron chi connectivity index (χ2n) is 9.22. The molecule has 0 aliphatic carbocycles. The van der Waals surface area contributed by atoms with Crippen molar-refractivity contribution < 1.29 is 22.0 Å². The molecule has 3 aromatic rings. The van der Waals surface area contributed by atoms with E-state index < -0.39 is 33.0 Å². The predicted octanol–water partition coefficient (Wildman–Crippen LogP) is 2.58. The van der Waals surface area contributed by atoms with Crippen LogP contribution in [0.25, 0.3) is 0 Å². The van der Waals surface area contributed by atoms with E-state index in [-0.39, 0.29) is 40.5 Å². The monoisotopic (exact) mass is 565 g/mol. The molecule has 0 radical (unpaired) electrons. The van der Waals surface area contributed by atoms with Gasteiger partial charge in [-0.2, -0.15) is 4.31 Å². The van der Waals surface area contributed by atoms with Crippen LogP contribution < -0.4 is 16.8 Å². The molecule has 0 unspecified atom stereocenters. The van der Waals surface area contributed by atoms with Crippen LogP contribution in [0.5, 0.6) is 0 Å². The molecule has 2 aromatic heterocycles. The Morgan fingerprint density at radius 2 is 1.76 bits per heavy atom. The topological polar surface area (TPSA) is 148 Å². The normalized spacial score (nSPS) is 15.2. The number of anilines is 3. The van der Waals surface area contributed by atoms with Gasteiger partial charge in [0.05, 0.1) is 5.56 Å². The molecular formula is C24H29F2N7O3S2. The first-order chi connectivity index (χ1) is 18.0. The zero-order chi connectivity index (χ0) is 27.6. The molecule has 4 rings (SSSR count). The minimum absolute atomic E-state index is 0.0197. The number of nitrogens with one attached hydrogen (secondary N) is 1. The second kappa shape index (κ2) is 11.3. The van der Waals surface area contributed by atoms with Gasteiger partial charge in [-0.1, -0.05) is 17.4 Å². The summed E-state index contributed by atoms with van der Waals surface area (Å²) in [7, 11) is 0.0493. The lowest BCUT2D eigenvalue weighted by molar-refractivity contribution is 0.103. The average Bonchev–Trinajstić information content (AvgIpc) is 3.22. The van der Waals surface area contributed by atoms with Crippen LogP contribution in [0.4, 0.5) is 25.5 Å². The summed E-state index contributed by atoms with van der Waals surface area (Å²) in [5.41, 5.74) is 11.9. The number of nitrogens with zero attached hydrogens (tertiary/aromatic N) is 4. The highest BCUT2D eigenvalue weighted by atomic mass is 32.2.